The smallest absolute Gasteiger partial charge is 0.262 e. The van der Waals surface area contributed by atoms with E-state index in [1.165, 1.54) is 30.5 Å². The van der Waals surface area contributed by atoms with E-state index in [1.807, 2.05) is 19.1 Å². The first-order valence-corrected chi connectivity index (χ1v) is 14.5. The molecule has 3 aromatic carbocycles. The van der Waals surface area contributed by atoms with Gasteiger partial charge in [0.05, 0.1) is 23.7 Å². The lowest BCUT2D eigenvalue weighted by molar-refractivity contribution is -0.120. The molecule has 4 rings (SSSR count). The number of amides is 2. The maximum atomic E-state index is 13.3. The number of anilines is 1. The molecule has 2 N–H and O–H groups in total. The van der Waals surface area contributed by atoms with Gasteiger partial charge >= 0.3 is 0 Å². The number of ketones is 1. The second-order valence-corrected chi connectivity index (χ2v) is 11.3. The van der Waals surface area contributed by atoms with Crippen LogP contribution in [0.4, 0.5) is 5.69 Å². The standard InChI is InChI=1S/C31H31ClN4O4S/c1-20-12-22(17-33)15-23(13-20)31(39)26-16-24(32)6-9-28(26)40-19-30(38)34-27-8-7-25(14-21(27)2)41-35-29(37)18-36-10-4-3-5-11-36/h6-9,12-16H,3-5,10-11,18-19H2,1-2H3,(H,34,38)(H,35,37). The number of ether oxygens (including phenoxy) is 1. The number of aryl methyl sites for hydroxylation is 2. The van der Waals surface area contributed by atoms with Crippen LogP contribution in [0.1, 0.15) is 51.9 Å². The van der Waals surface area contributed by atoms with Gasteiger partial charge in [0.2, 0.25) is 5.91 Å². The summed E-state index contributed by atoms with van der Waals surface area (Å²) in [6.45, 7) is 5.65. The fraction of sp³-hybridized carbons (Fsp3) is 0.290. The third-order valence-electron chi connectivity index (χ3n) is 6.58. The van der Waals surface area contributed by atoms with Crippen molar-refractivity contribution in [2.75, 3.05) is 31.6 Å². The molecular weight excluding hydrogens is 560 g/mol. The average molecular weight is 591 g/mol. The van der Waals surface area contributed by atoms with E-state index in [-0.39, 0.29) is 29.6 Å². The molecule has 3 aromatic rings. The number of hydrogen-bond acceptors (Lipinski definition) is 7. The Bertz CT molecular complexity index is 1500. The number of likely N-dealkylation sites (tertiary alicyclic amines) is 1. The second kappa shape index (κ2) is 14.2. The third-order valence-corrected chi connectivity index (χ3v) is 7.64. The van der Waals surface area contributed by atoms with E-state index in [2.05, 4.69) is 21.0 Å². The minimum Gasteiger partial charge on any atom is -0.483 e. The van der Waals surface area contributed by atoms with E-state index in [9.17, 15) is 19.6 Å². The molecule has 0 bridgehead atoms. The highest BCUT2D eigenvalue weighted by Gasteiger charge is 2.18. The van der Waals surface area contributed by atoms with Crippen LogP contribution < -0.4 is 14.8 Å². The van der Waals surface area contributed by atoms with Crippen LogP contribution in [0.25, 0.3) is 0 Å². The predicted molar refractivity (Wildman–Crippen MR) is 160 cm³/mol. The molecule has 0 atom stereocenters. The first kappa shape index (κ1) is 30.1. The number of halogens is 1. The zero-order valence-electron chi connectivity index (χ0n) is 23.0. The third kappa shape index (κ3) is 8.57. The summed E-state index contributed by atoms with van der Waals surface area (Å²) in [6.07, 6.45) is 3.49. The fourth-order valence-electron chi connectivity index (χ4n) is 4.58. The van der Waals surface area contributed by atoms with Crippen molar-refractivity contribution in [2.24, 2.45) is 0 Å². The molecule has 0 aliphatic carbocycles. The van der Waals surface area contributed by atoms with E-state index < -0.39 is 5.91 Å². The van der Waals surface area contributed by atoms with Gasteiger partial charge in [0, 0.05) is 21.2 Å². The quantitative estimate of drug-likeness (QED) is 0.231. The summed E-state index contributed by atoms with van der Waals surface area (Å²) in [7, 11) is 0. The Balaban J connectivity index is 1.34. The van der Waals surface area contributed by atoms with Crippen molar-refractivity contribution in [1.82, 2.24) is 9.62 Å². The van der Waals surface area contributed by atoms with Crippen LogP contribution in [0.15, 0.2) is 59.5 Å². The van der Waals surface area contributed by atoms with Gasteiger partial charge in [-0.2, -0.15) is 5.26 Å². The average Bonchev–Trinajstić information content (AvgIpc) is 2.96. The highest BCUT2D eigenvalue weighted by atomic mass is 35.5. The summed E-state index contributed by atoms with van der Waals surface area (Å²) >= 11 is 7.40. The zero-order valence-corrected chi connectivity index (χ0v) is 24.5. The molecule has 0 saturated carbocycles. The molecule has 8 nitrogen and oxygen atoms in total. The molecular formula is C31H31ClN4O4S. The molecule has 0 unspecified atom stereocenters. The Labute approximate surface area is 249 Å². The highest BCUT2D eigenvalue weighted by Crippen LogP contribution is 2.27. The van der Waals surface area contributed by atoms with Crippen molar-refractivity contribution in [3.8, 4) is 11.8 Å². The SMILES string of the molecule is Cc1cc(C#N)cc(C(=O)c2cc(Cl)ccc2OCC(=O)Nc2ccc(SNC(=O)CN3CCCCC3)cc2C)c1. The molecule has 0 aromatic heterocycles. The normalized spacial score (nSPS) is 13.2. The number of carbonyl (C=O) groups is 3. The van der Waals surface area contributed by atoms with E-state index in [1.54, 1.807) is 37.3 Å². The van der Waals surface area contributed by atoms with Crippen molar-refractivity contribution in [1.29, 1.82) is 5.26 Å². The van der Waals surface area contributed by atoms with Gasteiger partial charge in [0.25, 0.3) is 5.91 Å². The zero-order chi connectivity index (χ0) is 29.4. The Morgan fingerprint density at radius 3 is 2.51 bits per heavy atom. The van der Waals surface area contributed by atoms with Gasteiger partial charge in [-0.25, -0.2) is 0 Å². The summed E-state index contributed by atoms with van der Waals surface area (Å²) in [5.74, 6) is -0.593. The molecule has 2 amide bonds. The Kier molecular flexibility index (Phi) is 10.4. The summed E-state index contributed by atoms with van der Waals surface area (Å²) < 4.78 is 8.62. The lowest BCUT2D eigenvalue weighted by atomic mass is 9.98. The fourth-order valence-corrected chi connectivity index (χ4v) is 5.42. The van der Waals surface area contributed by atoms with Crippen molar-refractivity contribution in [3.63, 3.8) is 0 Å². The van der Waals surface area contributed by atoms with Gasteiger partial charge in [0.1, 0.15) is 5.75 Å². The van der Waals surface area contributed by atoms with E-state index >= 15 is 0 Å². The molecule has 0 radical (unpaired) electrons. The summed E-state index contributed by atoms with van der Waals surface area (Å²) in [5.41, 5.74) is 3.10. The minimum atomic E-state index is -0.404. The van der Waals surface area contributed by atoms with Gasteiger partial charge in [-0.3, -0.25) is 24.0 Å². The number of piperidine rings is 1. The maximum Gasteiger partial charge on any atom is 0.262 e. The van der Waals surface area contributed by atoms with Crippen molar-refractivity contribution < 1.29 is 19.1 Å². The molecule has 41 heavy (non-hydrogen) atoms. The number of nitriles is 1. The Morgan fingerprint density at radius 2 is 1.78 bits per heavy atom. The molecule has 1 saturated heterocycles. The van der Waals surface area contributed by atoms with Crippen LogP contribution >= 0.6 is 23.5 Å². The van der Waals surface area contributed by atoms with Gasteiger partial charge in [0.15, 0.2) is 12.4 Å². The van der Waals surface area contributed by atoms with Crippen LogP contribution in [0.3, 0.4) is 0 Å². The number of carbonyl (C=O) groups excluding carboxylic acids is 3. The molecule has 1 fully saturated rings. The first-order valence-electron chi connectivity index (χ1n) is 13.3. The predicted octanol–water partition coefficient (Wildman–Crippen LogP) is 5.69. The van der Waals surface area contributed by atoms with Crippen LogP contribution in [-0.2, 0) is 9.59 Å². The molecule has 0 spiro atoms. The lowest BCUT2D eigenvalue weighted by Crippen LogP contribution is -2.37. The van der Waals surface area contributed by atoms with E-state index in [0.717, 1.165) is 42.0 Å². The van der Waals surface area contributed by atoms with Crippen molar-refractivity contribution >= 4 is 46.8 Å². The number of rotatable bonds is 10. The van der Waals surface area contributed by atoms with Crippen molar-refractivity contribution in [2.45, 2.75) is 38.0 Å². The Hall–Kier alpha value is -3.84. The summed E-state index contributed by atoms with van der Waals surface area (Å²) in [4.78, 5) is 41.3. The topological polar surface area (TPSA) is 112 Å². The van der Waals surface area contributed by atoms with Gasteiger partial charge in [-0.05, 0) is 117 Å². The van der Waals surface area contributed by atoms with Crippen LogP contribution in [0.5, 0.6) is 5.75 Å². The number of benzene rings is 3. The number of hydrogen-bond donors (Lipinski definition) is 2. The van der Waals surface area contributed by atoms with Gasteiger partial charge in [-0.15, -0.1) is 0 Å². The summed E-state index contributed by atoms with van der Waals surface area (Å²) in [6, 6.07) is 17.0. The largest absolute Gasteiger partial charge is 0.483 e. The van der Waals surface area contributed by atoms with E-state index in [4.69, 9.17) is 16.3 Å². The maximum absolute atomic E-state index is 13.3. The number of nitrogens with zero attached hydrogens (tertiary/aromatic N) is 2. The minimum absolute atomic E-state index is 0.0305. The van der Waals surface area contributed by atoms with Gasteiger partial charge < -0.3 is 10.1 Å². The van der Waals surface area contributed by atoms with Gasteiger partial charge in [-0.1, -0.05) is 18.0 Å². The molecule has 1 aliphatic rings. The first-order chi connectivity index (χ1) is 19.7. The highest BCUT2D eigenvalue weighted by molar-refractivity contribution is 7.98. The summed E-state index contributed by atoms with van der Waals surface area (Å²) in [5, 5.41) is 12.4. The Morgan fingerprint density at radius 1 is 1.00 bits per heavy atom. The monoisotopic (exact) mass is 590 g/mol. The van der Waals surface area contributed by atoms with Crippen LogP contribution in [0.2, 0.25) is 5.02 Å². The lowest BCUT2D eigenvalue weighted by Gasteiger charge is -2.25. The molecule has 10 heteroatoms. The second-order valence-electron chi connectivity index (χ2n) is 9.95. The van der Waals surface area contributed by atoms with E-state index in [0.29, 0.717) is 28.4 Å². The molecule has 1 aliphatic heterocycles. The molecule has 212 valence electrons. The van der Waals surface area contributed by atoms with Crippen LogP contribution in [-0.4, -0.2) is 48.7 Å². The number of nitrogens with one attached hydrogen (secondary N) is 2. The molecule has 1 heterocycles. The van der Waals surface area contributed by atoms with Crippen LogP contribution in [0, 0.1) is 25.2 Å². The van der Waals surface area contributed by atoms with Crippen molar-refractivity contribution in [3.05, 3.63) is 87.4 Å².